The van der Waals surface area contributed by atoms with Gasteiger partial charge in [-0.2, -0.15) is 26.3 Å². The van der Waals surface area contributed by atoms with E-state index in [1.165, 1.54) is 6.07 Å². The minimum Gasteiger partial charge on any atom is -0.330 e. The van der Waals surface area contributed by atoms with E-state index in [1.54, 1.807) is 0 Å². The van der Waals surface area contributed by atoms with Crippen molar-refractivity contribution in [3.8, 4) is 0 Å². The van der Waals surface area contributed by atoms with Crippen molar-refractivity contribution in [1.29, 1.82) is 0 Å². The summed E-state index contributed by atoms with van der Waals surface area (Å²) in [5, 5.41) is 0. The van der Waals surface area contributed by atoms with Gasteiger partial charge in [-0.1, -0.05) is 15.9 Å². The molecule has 0 unspecified atom stereocenters. The van der Waals surface area contributed by atoms with Gasteiger partial charge in [-0.15, -0.1) is 0 Å². The Morgan fingerprint density at radius 1 is 1.14 bits per heavy atom. The molecule has 1 aliphatic rings. The van der Waals surface area contributed by atoms with E-state index in [0.717, 1.165) is 6.07 Å². The number of hydrogen-bond acceptors (Lipinski definition) is 1. The summed E-state index contributed by atoms with van der Waals surface area (Å²) in [5.41, 5.74) is -0.872. The van der Waals surface area contributed by atoms with Gasteiger partial charge in [0.2, 0.25) is 0 Å². The fourth-order valence-electron chi connectivity index (χ4n) is 2.27. The van der Waals surface area contributed by atoms with E-state index >= 15 is 0 Å². The number of halogens is 7. The average Bonchev–Trinajstić information content (AvgIpc) is 2.33. The maximum absolute atomic E-state index is 12.9. The summed E-state index contributed by atoms with van der Waals surface area (Å²) in [6.07, 6.45) is -9.89. The molecule has 0 saturated heterocycles. The second-order valence-electron chi connectivity index (χ2n) is 4.56. The number of carbonyl (C=O) groups excluding carboxylic acids is 1. The maximum Gasteiger partial charge on any atom is 0.471 e. The van der Waals surface area contributed by atoms with Crippen LogP contribution in [0.4, 0.5) is 26.3 Å². The molecule has 0 aromatic heterocycles. The van der Waals surface area contributed by atoms with Crippen molar-refractivity contribution in [3.63, 3.8) is 0 Å². The Morgan fingerprint density at radius 2 is 1.76 bits per heavy atom. The van der Waals surface area contributed by atoms with Gasteiger partial charge in [0.05, 0.1) is 5.56 Å². The first kappa shape index (κ1) is 16.1. The third-order valence-corrected chi connectivity index (χ3v) is 3.59. The molecular formula is C12H8BrF6NO. The SMILES string of the molecule is O=C(N1CCc2c(cc(Br)cc2C(F)(F)F)C1)C(F)(F)F. The van der Waals surface area contributed by atoms with Crippen molar-refractivity contribution in [2.45, 2.75) is 25.3 Å². The second-order valence-corrected chi connectivity index (χ2v) is 5.48. The van der Waals surface area contributed by atoms with Crippen LogP contribution in [0, 0.1) is 0 Å². The lowest BCUT2D eigenvalue weighted by atomic mass is 9.94. The number of nitrogens with zero attached hydrogens (tertiary/aromatic N) is 1. The fourth-order valence-corrected chi connectivity index (χ4v) is 2.77. The van der Waals surface area contributed by atoms with Crippen LogP contribution in [0.5, 0.6) is 0 Å². The van der Waals surface area contributed by atoms with Crippen molar-refractivity contribution < 1.29 is 31.1 Å². The first-order chi connectivity index (χ1) is 9.50. The summed E-state index contributed by atoms with van der Waals surface area (Å²) < 4.78 is 76.0. The first-order valence-electron chi connectivity index (χ1n) is 5.74. The molecule has 21 heavy (non-hydrogen) atoms. The fraction of sp³-hybridized carbons (Fsp3) is 0.417. The molecule has 0 fully saturated rings. The predicted octanol–water partition coefficient (Wildman–Crippen LogP) is 3.91. The van der Waals surface area contributed by atoms with Gasteiger partial charge in [-0.25, -0.2) is 0 Å². The summed E-state index contributed by atoms with van der Waals surface area (Å²) in [6.45, 7) is -0.883. The molecule has 0 atom stereocenters. The van der Waals surface area contributed by atoms with Crippen LogP contribution >= 0.6 is 15.9 Å². The van der Waals surface area contributed by atoms with E-state index in [9.17, 15) is 31.1 Å². The van der Waals surface area contributed by atoms with Crippen molar-refractivity contribution in [2.24, 2.45) is 0 Å². The Bertz CT molecular complexity index is 580. The lowest BCUT2D eigenvalue weighted by Crippen LogP contribution is -2.44. The average molecular weight is 376 g/mol. The molecule has 1 amide bonds. The molecule has 0 aliphatic carbocycles. The van der Waals surface area contributed by atoms with Crippen LogP contribution < -0.4 is 0 Å². The zero-order valence-corrected chi connectivity index (χ0v) is 11.9. The highest BCUT2D eigenvalue weighted by Crippen LogP contribution is 2.38. The normalized spacial score (nSPS) is 15.9. The summed E-state index contributed by atoms with van der Waals surface area (Å²) in [4.78, 5) is 11.7. The van der Waals surface area contributed by atoms with E-state index in [4.69, 9.17) is 0 Å². The molecule has 9 heteroatoms. The molecule has 2 rings (SSSR count). The zero-order valence-electron chi connectivity index (χ0n) is 10.3. The standard InChI is InChI=1S/C12H8BrF6NO/c13-7-3-6-5-20(10(21)12(17,18)19)2-1-8(6)9(4-7)11(14,15)16/h3-4H,1-2,5H2. The lowest BCUT2D eigenvalue weighted by molar-refractivity contribution is -0.186. The predicted molar refractivity (Wildman–Crippen MR) is 64.3 cm³/mol. The molecule has 1 aromatic rings. The van der Waals surface area contributed by atoms with Gasteiger partial charge in [0, 0.05) is 17.6 Å². The van der Waals surface area contributed by atoms with Gasteiger partial charge >= 0.3 is 18.3 Å². The van der Waals surface area contributed by atoms with Crippen LogP contribution in [0.25, 0.3) is 0 Å². The smallest absolute Gasteiger partial charge is 0.330 e. The van der Waals surface area contributed by atoms with Crippen molar-refractivity contribution >= 4 is 21.8 Å². The number of benzene rings is 1. The molecule has 1 aromatic carbocycles. The van der Waals surface area contributed by atoms with Gasteiger partial charge in [0.1, 0.15) is 0 Å². The number of rotatable bonds is 0. The summed E-state index contributed by atoms with van der Waals surface area (Å²) >= 11 is 2.90. The molecule has 0 spiro atoms. The van der Waals surface area contributed by atoms with Crippen LogP contribution in [0.1, 0.15) is 16.7 Å². The largest absolute Gasteiger partial charge is 0.471 e. The molecular weight excluding hydrogens is 368 g/mol. The monoisotopic (exact) mass is 375 g/mol. The highest BCUT2D eigenvalue weighted by molar-refractivity contribution is 9.10. The molecule has 116 valence electrons. The summed E-state index contributed by atoms with van der Waals surface area (Å²) in [5.74, 6) is -2.04. The molecule has 0 N–H and O–H groups in total. The van der Waals surface area contributed by atoms with Crippen molar-refractivity contribution in [1.82, 2.24) is 4.90 Å². The molecule has 0 saturated carbocycles. The van der Waals surface area contributed by atoms with Gasteiger partial charge in [0.25, 0.3) is 0 Å². The highest BCUT2D eigenvalue weighted by atomic mass is 79.9. The minimum atomic E-state index is -5.03. The first-order valence-corrected chi connectivity index (χ1v) is 6.54. The summed E-state index contributed by atoms with van der Waals surface area (Å²) in [6, 6.07) is 2.19. The number of fused-ring (bicyclic) bond motifs is 1. The van der Waals surface area contributed by atoms with Crippen molar-refractivity contribution in [3.05, 3.63) is 33.3 Å². The van der Waals surface area contributed by atoms with E-state index in [0.29, 0.717) is 4.90 Å². The van der Waals surface area contributed by atoms with Gasteiger partial charge in [-0.05, 0) is 29.7 Å². The topological polar surface area (TPSA) is 20.3 Å². The Kier molecular flexibility index (Phi) is 3.98. The summed E-state index contributed by atoms with van der Waals surface area (Å²) in [7, 11) is 0. The molecule has 0 bridgehead atoms. The number of hydrogen-bond donors (Lipinski definition) is 0. The van der Waals surface area contributed by atoms with Gasteiger partial charge < -0.3 is 4.90 Å². The van der Waals surface area contributed by atoms with E-state index in [2.05, 4.69) is 15.9 Å². The third-order valence-electron chi connectivity index (χ3n) is 3.14. The lowest BCUT2D eigenvalue weighted by Gasteiger charge is -2.31. The van der Waals surface area contributed by atoms with E-state index in [1.807, 2.05) is 0 Å². The Hall–Kier alpha value is -1.25. The van der Waals surface area contributed by atoms with Crippen LogP contribution in [0.3, 0.4) is 0 Å². The molecule has 2 nitrogen and oxygen atoms in total. The molecule has 0 radical (unpaired) electrons. The molecule has 1 heterocycles. The van der Waals surface area contributed by atoms with Crippen molar-refractivity contribution in [2.75, 3.05) is 6.54 Å². The Balaban J connectivity index is 2.39. The Morgan fingerprint density at radius 3 is 2.29 bits per heavy atom. The zero-order chi connectivity index (χ0) is 16.0. The van der Waals surface area contributed by atoms with Crippen LogP contribution in [-0.2, 0) is 23.9 Å². The number of amides is 1. The van der Waals surface area contributed by atoms with Crippen LogP contribution in [0.2, 0.25) is 0 Å². The second kappa shape index (κ2) is 5.19. The minimum absolute atomic E-state index is 0.0584. The quantitative estimate of drug-likeness (QED) is 0.629. The highest BCUT2D eigenvalue weighted by Gasteiger charge is 2.44. The van der Waals surface area contributed by atoms with Gasteiger partial charge in [-0.3, -0.25) is 4.79 Å². The van der Waals surface area contributed by atoms with Crippen LogP contribution in [0.15, 0.2) is 16.6 Å². The third kappa shape index (κ3) is 3.33. The number of alkyl halides is 6. The van der Waals surface area contributed by atoms with Crippen LogP contribution in [-0.4, -0.2) is 23.5 Å². The van der Waals surface area contributed by atoms with Gasteiger partial charge in [0.15, 0.2) is 0 Å². The Labute approximate surface area is 123 Å². The van der Waals surface area contributed by atoms with E-state index < -0.39 is 36.9 Å². The molecule has 1 aliphatic heterocycles. The van der Waals surface area contributed by atoms with E-state index in [-0.39, 0.29) is 22.0 Å². The number of carbonyl (C=O) groups is 1. The maximum atomic E-state index is 12.9.